The Morgan fingerprint density at radius 2 is 2.06 bits per heavy atom. The molecule has 18 heavy (non-hydrogen) atoms. The molecule has 0 aliphatic rings. The summed E-state index contributed by atoms with van der Waals surface area (Å²) in [6.07, 6.45) is 5.12. The van der Waals surface area contributed by atoms with E-state index in [1.807, 2.05) is 6.92 Å². The smallest absolute Gasteiger partial charge is 0.233 e. The Bertz CT molecular complexity index is 253. The van der Waals surface area contributed by atoms with E-state index < -0.39 is 0 Å². The fourth-order valence-electron chi connectivity index (χ4n) is 1.53. The maximum Gasteiger partial charge on any atom is 0.233 e. The van der Waals surface area contributed by atoms with Crippen LogP contribution in [0, 0.1) is 0 Å². The molecule has 0 aliphatic carbocycles. The van der Waals surface area contributed by atoms with Crippen LogP contribution in [0.2, 0.25) is 0 Å². The second kappa shape index (κ2) is 11.2. The predicted octanol–water partition coefficient (Wildman–Crippen LogP) is 0.820. The molecule has 0 aromatic heterocycles. The lowest BCUT2D eigenvalue weighted by Crippen LogP contribution is -2.32. The van der Waals surface area contributed by atoms with Crippen molar-refractivity contribution in [1.29, 1.82) is 0 Å². The van der Waals surface area contributed by atoms with E-state index in [4.69, 9.17) is 11.5 Å². The van der Waals surface area contributed by atoms with Gasteiger partial charge in [0.2, 0.25) is 5.91 Å². The molecule has 5 nitrogen and oxygen atoms in total. The van der Waals surface area contributed by atoms with Gasteiger partial charge in [-0.15, -0.1) is 0 Å². The molecular formula is C13H28N4O. The maximum atomic E-state index is 10.9. The second-order valence-corrected chi connectivity index (χ2v) is 4.53. The van der Waals surface area contributed by atoms with Gasteiger partial charge >= 0.3 is 0 Å². The first-order chi connectivity index (χ1) is 8.61. The molecular weight excluding hydrogens is 228 g/mol. The summed E-state index contributed by atoms with van der Waals surface area (Å²) in [5.74, 6) is -0.100. The molecule has 5 N–H and O–H groups in total. The summed E-state index contributed by atoms with van der Waals surface area (Å²) in [6.45, 7) is 5.76. The first-order valence-electron chi connectivity index (χ1n) is 6.85. The SMILES string of the molecule is CCCCN=C(C)C(N)CCCCNC(=O)CN. The van der Waals surface area contributed by atoms with Gasteiger partial charge in [-0.25, -0.2) is 0 Å². The Morgan fingerprint density at radius 1 is 1.33 bits per heavy atom. The topological polar surface area (TPSA) is 93.5 Å². The van der Waals surface area contributed by atoms with Gasteiger partial charge in [-0.3, -0.25) is 9.79 Å². The molecule has 0 saturated heterocycles. The van der Waals surface area contributed by atoms with Crippen LogP contribution in [0.4, 0.5) is 0 Å². The van der Waals surface area contributed by atoms with Crippen LogP contribution in [0.1, 0.15) is 46.0 Å². The molecule has 0 aromatic carbocycles. The van der Waals surface area contributed by atoms with Gasteiger partial charge in [-0.1, -0.05) is 13.3 Å². The predicted molar refractivity (Wildman–Crippen MR) is 76.8 cm³/mol. The number of hydrogen-bond donors (Lipinski definition) is 3. The zero-order valence-corrected chi connectivity index (χ0v) is 11.7. The minimum Gasteiger partial charge on any atom is -0.355 e. The lowest BCUT2D eigenvalue weighted by molar-refractivity contribution is -0.119. The van der Waals surface area contributed by atoms with Crippen LogP contribution in [0.25, 0.3) is 0 Å². The normalized spacial score (nSPS) is 13.4. The van der Waals surface area contributed by atoms with Crippen molar-refractivity contribution in [3.8, 4) is 0 Å². The molecule has 106 valence electrons. The van der Waals surface area contributed by atoms with E-state index in [1.165, 1.54) is 0 Å². The molecule has 1 unspecified atom stereocenters. The minimum atomic E-state index is -0.100. The number of carbonyl (C=O) groups excluding carboxylic acids is 1. The summed E-state index contributed by atoms with van der Waals surface area (Å²) in [5, 5.41) is 2.74. The van der Waals surface area contributed by atoms with Crippen molar-refractivity contribution < 1.29 is 4.79 Å². The summed E-state index contributed by atoms with van der Waals surface area (Å²) >= 11 is 0. The summed E-state index contributed by atoms with van der Waals surface area (Å²) in [4.78, 5) is 15.3. The van der Waals surface area contributed by atoms with E-state index in [0.717, 1.165) is 44.4 Å². The highest BCUT2D eigenvalue weighted by atomic mass is 16.1. The number of nitrogens with two attached hydrogens (primary N) is 2. The van der Waals surface area contributed by atoms with Crippen molar-refractivity contribution in [3.05, 3.63) is 0 Å². The Kier molecular flexibility index (Phi) is 10.6. The standard InChI is InChI=1S/C13H28N4O/c1-3-4-8-16-11(2)12(15)7-5-6-9-17-13(18)10-14/h12H,3-10,14-15H2,1-2H3,(H,17,18). The van der Waals surface area contributed by atoms with Gasteiger partial charge in [-0.05, 0) is 32.6 Å². The van der Waals surface area contributed by atoms with Gasteiger partial charge < -0.3 is 16.8 Å². The van der Waals surface area contributed by atoms with Gasteiger partial charge in [-0.2, -0.15) is 0 Å². The Morgan fingerprint density at radius 3 is 2.67 bits per heavy atom. The molecule has 0 heterocycles. The first-order valence-corrected chi connectivity index (χ1v) is 6.85. The van der Waals surface area contributed by atoms with Gasteiger partial charge in [0, 0.05) is 24.8 Å². The number of carbonyl (C=O) groups is 1. The fourth-order valence-corrected chi connectivity index (χ4v) is 1.53. The zero-order valence-electron chi connectivity index (χ0n) is 11.7. The average Bonchev–Trinajstić information content (AvgIpc) is 2.37. The van der Waals surface area contributed by atoms with Crippen molar-refractivity contribution in [3.63, 3.8) is 0 Å². The quantitative estimate of drug-likeness (QED) is 0.399. The van der Waals surface area contributed by atoms with Crippen molar-refractivity contribution in [1.82, 2.24) is 5.32 Å². The zero-order chi connectivity index (χ0) is 13.8. The van der Waals surface area contributed by atoms with Crippen molar-refractivity contribution in [2.45, 2.75) is 52.0 Å². The minimum absolute atomic E-state index is 0.0482. The Hall–Kier alpha value is -0.940. The van der Waals surface area contributed by atoms with Crippen LogP contribution >= 0.6 is 0 Å². The summed E-state index contributed by atoms with van der Waals surface area (Å²) < 4.78 is 0. The van der Waals surface area contributed by atoms with Crippen LogP contribution in [-0.4, -0.2) is 37.3 Å². The highest BCUT2D eigenvalue weighted by Crippen LogP contribution is 2.01. The number of nitrogens with zero attached hydrogens (tertiary/aromatic N) is 1. The van der Waals surface area contributed by atoms with Crippen LogP contribution in [0.3, 0.4) is 0 Å². The van der Waals surface area contributed by atoms with Crippen LogP contribution in [-0.2, 0) is 4.79 Å². The number of rotatable bonds is 10. The number of amides is 1. The Labute approximate surface area is 110 Å². The summed E-state index contributed by atoms with van der Waals surface area (Å²) in [5.41, 5.74) is 12.3. The molecule has 0 saturated carbocycles. The van der Waals surface area contributed by atoms with Gasteiger partial charge in [0.1, 0.15) is 0 Å². The molecule has 0 fully saturated rings. The summed E-state index contributed by atoms with van der Waals surface area (Å²) in [6, 6.07) is 0.0482. The second-order valence-electron chi connectivity index (χ2n) is 4.53. The van der Waals surface area contributed by atoms with E-state index in [9.17, 15) is 4.79 Å². The number of unbranched alkanes of at least 4 members (excludes halogenated alkanes) is 2. The van der Waals surface area contributed by atoms with Crippen molar-refractivity contribution in [2.24, 2.45) is 16.5 Å². The van der Waals surface area contributed by atoms with Crippen LogP contribution in [0.5, 0.6) is 0 Å². The lowest BCUT2D eigenvalue weighted by Gasteiger charge is -2.11. The third-order valence-electron chi connectivity index (χ3n) is 2.86. The maximum absolute atomic E-state index is 10.9. The molecule has 0 radical (unpaired) electrons. The average molecular weight is 256 g/mol. The van der Waals surface area contributed by atoms with Gasteiger partial charge in [0.25, 0.3) is 0 Å². The molecule has 0 spiro atoms. The molecule has 0 aromatic rings. The molecule has 1 amide bonds. The van der Waals surface area contributed by atoms with Gasteiger partial charge in [0.05, 0.1) is 6.54 Å². The van der Waals surface area contributed by atoms with E-state index in [-0.39, 0.29) is 18.5 Å². The number of nitrogens with one attached hydrogen (secondary N) is 1. The number of hydrogen-bond acceptors (Lipinski definition) is 4. The Balaban J connectivity index is 3.60. The third kappa shape index (κ3) is 9.13. The highest BCUT2D eigenvalue weighted by molar-refractivity contribution is 5.87. The highest BCUT2D eigenvalue weighted by Gasteiger charge is 2.05. The summed E-state index contributed by atoms with van der Waals surface area (Å²) in [7, 11) is 0. The van der Waals surface area contributed by atoms with E-state index in [2.05, 4.69) is 17.2 Å². The molecule has 0 aliphatic heterocycles. The van der Waals surface area contributed by atoms with E-state index >= 15 is 0 Å². The van der Waals surface area contributed by atoms with Gasteiger partial charge in [0.15, 0.2) is 0 Å². The fraction of sp³-hybridized carbons (Fsp3) is 0.846. The van der Waals surface area contributed by atoms with Crippen LogP contribution < -0.4 is 16.8 Å². The van der Waals surface area contributed by atoms with E-state index in [0.29, 0.717) is 6.54 Å². The molecule has 5 heteroatoms. The lowest BCUT2D eigenvalue weighted by atomic mass is 10.1. The van der Waals surface area contributed by atoms with Crippen molar-refractivity contribution in [2.75, 3.05) is 19.6 Å². The monoisotopic (exact) mass is 256 g/mol. The largest absolute Gasteiger partial charge is 0.355 e. The number of aliphatic imine (C=N–C) groups is 1. The van der Waals surface area contributed by atoms with E-state index in [1.54, 1.807) is 0 Å². The first kappa shape index (κ1) is 17.1. The van der Waals surface area contributed by atoms with Crippen molar-refractivity contribution >= 4 is 11.6 Å². The molecule has 1 atom stereocenters. The third-order valence-corrected chi connectivity index (χ3v) is 2.86. The van der Waals surface area contributed by atoms with Crippen LogP contribution in [0.15, 0.2) is 4.99 Å². The molecule has 0 bridgehead atoms. The molecule has 0 rings (SSSR count).